The molecule has 1 saturated heterocycles. The molecule has 0 amide bonds. The fourth-order valence-corrected chi connectivity index (χ4v) is 2.71. The lowest BCUT2D eigenvalue weighted by atomic mass is 10.0. The summed E-state index contributed by atoms with van der Waals surface area (Å²) in [5.41, 5.74) is 2.34. The van der Waals surface area contributed by atoms with E-state index in [2.05, 4.69) is 56.8 Å². The van der Waals surface area contributed by atoms with Crippen molar-refractivity contribution in [1.29, 1.82) is 0 Å². The highest BCUT2D eigenvalue weighted by molar-refractivity contribution is 9.10. The Morgan fingerprint density at radius 1 is 1.40 bits per heavy atom. The summed E-state index contributed by atoms with van der Waals surface area (Å²) >= 11 is 3.46. The van der Waals surface area contributed by atoms with E-state index in [-0.39, 0.29) is 24.8 Å². The summed E-state index contributed by atoms with van der Waals surface area (Å²) in [6, 6.07) is 6.49. The number of pyridine rings is 1. The minimum atomic E-state index is 0. The van der Waals surface area contributed by atoms with Crippen LogP contribution in [0.4, 0.5) is 0 Å². The van der Waals surface area contributed by atoms with Crippen LogP contribution in [0.5, 0.6) is 0 Å². The molecule has 0 radical (unpaired) electrons. The van der Waals surface area contributed by atoms with Gasteiger partial charge in [-0.05, 0) is 41.4 Å². The van der Waals surface area contributed by atoms with Crippen LogP contribution in [0.25, 0.3) is 0 Å². The van der Waals surface area contributed by atoms with Crippen LogP contribution < -0.4 is 5.32 Å². The Balaban J connectivity index is 0.00000180. The van der Waals surface area contributed by atoms with Crippen molar-refractivity contribution in [2.45, 2.75) is 19.4 Å². The van der Waals surface area contributed by atoms with E-state index in [1.54, 1.807) is 0 Å². The fraction of sp³-hybridized carbons (Fsp3) is 0.500. The molecule has 1 aliphatic heterocycles. The maximum Gasteiger partial charge on any atom is 0.106 e. The van der Waals surface area contributed by atoms with Gasteiger partial charge < -0.3 is 5.32 Å². The Hall–Kier alpha value is -0.130. The van der Waals surface area contributed by atoms with Crippen LogP contribution in [-0.2, 0) is 0 Å². The molecule has 2 rings (SSSR count). The lowest BCUT2D eigenvalue weighted by Crippen LogP contribution is -2.45. The van der Waals surface area contributed by atoms with Gasteiger partial charge in [0.1, 0.15) is 4.60 Å². The molecule has 1 aliphatic rings. The number of piperazine rings is 1. The first kappa shape index (κ1) is 19.9. The smallest absolute Gasteiger partial charge is 0.106 e. The molecule has 2 heterocycles. The highest BCUT2D eigenvalue weighted by Crippen LogP contribution is 2.26. The second-order valence-electron chi connectivity index (χ2n) is 4.85. The topological polar surface area (TPSA) is 28.2 Å². The summed E-state index contributed by atoms with van der Waals surface area (Å²) in [5.74, 6) is 0. The van der Waals surface area contributed by atoms with E-state index in [1.807, 2.05) is 6.07 Å². The number of rotatable bonds is 4. The Bertz CT molecular complexity index is 423. The van der Waals surface area contributed by atoms with E-state index in [1.165, 1.54) is 5.57 Å². The van der Waals surface area contributed by atoms with E-state index in [9.17, 15) is 0 Å². The molecule has 0 bridgehead atoms. The number of nitrogens with one attached hydrogen (secondary N) is 1. The largest absolute Gasteiger partial charge is 0.314 e. The van der Waals surface area contributed by atoms with Gasteiger partial charge in [-0.1, -0.05) is 11.6 Å². The summed E-state index contributed by atoms with van der Waals surface area (Å²) in [6.45, 7) is 10.4. The zero-order valence-electron chi connectivity index (χ0n) is 11.6. The zero-order valence-corrected chi connectivity index (χ0v) is 14.9. The van der Waals surface area contributed by atoms with E-state index < -0.39 is 0 Å². The molecule has 0 aliphatic carbocycles. The third-order valence-corrected chi connectivity index (χ3v) is 3.65. The van der Waals surface area contributed by atoms with Crippen molar-refractivity contribution in [2.75, 3.05) is 26.2 Å². The molecule has 0 spiro atoms. The molecule has 1 atom stereocenters. The van der Waals surface area contributed by atoms with Crippen molar-refractivity contribution in [1.82, 2.24) is 15.2 Å². The number of halogens is 3. The monoisotopic (exact) mass is 381 g/mol. The van der Waals surface area contributed by atoms with E-state index >= 15 is 0 Å². The van der Waals surface area contributed by atoms with E-state index in [0.717, 1.165) is 42.9 Å². The molecule has 1 N–H and O–H groups in total. The second kappa shape index (κ2) is 9.74. The van der Waals surface area contributed by atoms with Gasteiger partial charge in [0.15, 0.2) is 0 Å². The first-order valence-corrected chi connectivity index (χ1v) is 7.18. The molecule has 0 unspecified atom stereocenters. The maximum absolute atomic E-state index is 4.62. The van der Waals surface area contributed by atoms with Gasteiger partial charge in [-0.2, -0.15) is 0 Å². The molecule has 6 heteroatoms. The first-order chi connectivity index (χ1) is 8.66. The van der Waals surface area contributed by atoms with Crippen molar-refractivity contribution in [3.63, 3.8) is 0 Å². The zero-order chi connectivity index (χ0) is 13.0. The maximum atomic E-state index is 4.62. The predicted octanol–water partition coefficient (Wildman–Crippen LogP) is 3.60. The summed E-state index contributed by atoms with van der Waals surface area (Å²) in [5, 5.41) is 3.39. The van der Waals surface area contributed by atoms with Crippen molar-refractivity contribution in [2.24, 2.45) is 0 Å². The van der Waals surface area contributed by atoms with Crippen LogP contribution in [-0.4, -0.2) is 36.1 Å². The van der Waals surface area contributed by atoms with Gasteiger partial charge in [0.05, 0.1) is 11.7 Å². The Kier molecular flexibility index (Phi) is 9.68. The Morgan fingerprint density at radius 3 is 2.60 bits per heavy atom. The molecule has 1 aromatic heterocycles. The highest BCUT2D eigenvalue weighted by atomic mass is 79.9. The number of nitrogens with zero attached hydrogens (tertiary/aromatic N) is 2. The van der Waals surface area contributed by atoms with Crippen molar-refractivity contribution >= 4 is 40.7 Å². The normalized spacial score (nSPS) is 16.7. The van der Waals surface area contributed by atoms with Crippen molar-refractivity contribution < 1.29 is 0 Å². The number of hydrogen-bond acceptors (Lipinski definition) is 3. The number of aromatic nitrogens is 1. The third kappa shape index (κ3) is 5.70. The first-order valence-electron chi connectivity index (χ1n) is 6.38. The molecular weight excluding hydrogens is 361 g/mol. The molecule has 1 aromatic rings. The standard InChI is InChI=1S/C14H20BrN3.2ClH/c1-11(2)10-13(18-8-6-16-7-9-18)12-4-3-5-14(15)17-12;;/h3-5,13,16H,1,6-10H2,2H3;2*1H/t13-;;/m0../s1. The van der Waals surface area contributed by atoms with Crippen LogP contribution in [0.1, 0.15) is 25.1 Å². The van der Waals surface area contributed by atoms with E-state index in [4.69, 9.17) is 0 Å². The van der Waals surface area contributed by atoms with Gasteiger partial charge in [-0.15, -0.1) is 31.4 Å². The SMILES string of the molecule is C=C(C)C[C@@H](c1cccc(Br)n1)N1CCNCC1.Cl.Cl. The summed E-state index contributed by atoms with van der Waals surface area (Å²) in [6.07, 6.45) is 0.976. The average Bonchev–Trinajstić information content (AvgIpc) is 2.37. The van der Waals surface area contributed by atoms with Crippen LogP contribution >= 0.6 is 40.7 Å². The van der Waals surface area contributed by atoms with Gasteiger partial charge in [-0.25, -0.2) is 4.98 Å². The molecular formula is C14H22BrCl2N3. The Morgan fingerprint density at radius 2 is 2.05 bits per heavy atom. The second-order valence-corrected chi connectivity index (χ2v) is 5.66. The molecule has 1 fully saturated rings. The molecule has 114 valence electrons. The van der Waals surface area contributed by atoms with Crippen LogP contribution in [0.3, 0.4) is 0 Å². The highest BCUT2D eigenvalue weighted by Gasteiger charge is 2.23. The minimum absolute atomic E-state index is 0. The quantitative estimate of drug-likeness (QED) is 0.636. The summed E-state index contributed by atoms with van der Waals surface area (Å²) in [7, 11) is 0. The van der Waals surface area contributed by atoms with Crippen molar-refractivity contribution in [3.05, 3.63) is 40.6 Å². The lowest BCUT2D eigenvalue weighted by Gasteiger charge is -2.34. The molecule has 0 saturated carbocycles. The van der Waals surface area contributed by atoms with Gasteiger partial charge in [0, 0.05) is 26.2 Å². The average molecular weight is 383 g/mol. The van der Waals surface area contributed by atoms with Crippen LogP contribution in [0, 0.1) is 0 Å². The molecule has 20 heavy (non-hydrogen) atoms. The lowest BCUT2D eigenvalue weighted by molar-refractivity contribution is 0.169. The van der Waals surface area contributed by atoms with Gasteiger partial charge >= 0.3 is 0 Å². The minimum Gasteiger partial charge on any atom is -0.314 e. The van der Waals surface area contributed by atoms with Gasteiger partial charge in [-0.3, -0.25) is 4.90 Å². The summed E-state index contributed by atoms with van der Waals surface area (Å²) in [4.78, 5) is 7.12. The third-order valence-electron chi connectivity index (χ3n) is 3.21. The number of hydrogen-bond donors (Lipinski definition) is 1. The molecule has 3 nitrogen and oxygen atoms in total. The van der Waals surface area contributed by atoms with Crippen molar-refractivity contribution in [3.8, 4) is 0 Å². The van der Waals surface area contributed by atoms with Gasteiger partial charge in [0.2, 0.25) is 0 Å². The van der Waals surface area contributed by atoms with Gasteiger partial charge in [0.25, 0.3) is 0 Å². The summed E-state index contributed by atoms with van der Waals surface area (Å²) < 4.78 is 0.904. The predicted molar refractivity (Wildman–Crippen MR) is 93.0 cm³/mol. The van der Waals surface area contributed by atoms with E-state index in [0.29, 0.717) is 6.04 Å². The fourth-order valence-electron chi connectivity index (χ4n) is 2.35. The van der Waals surface area contributed by atoms with Crippen LogP contribution in [0.2, 0.25) is 0 Å². The van der Waals surface area contributed by atoms with Crippen LogP contribution in [0.15, 0.2) is 35.0 Å². The Labute approximate surface area is 142 Å². The molecule has 0 aromatic carbocycles.